The SMILES string of the molecule is c1cc(CNCc2cn[nH]c2-c2cccs2)cc(Cn2ccnc2)c1. The topological polar surface area (TPSA) is 58.5 Å². The molecule has 6 heteroatoms. The quantitative estimate of drug-likeness (QED) is 0.535. The van der Waals surface area contributed by atoms with Gasteiger partial charge in [-0.15, -0.1) is 11.3 Å². The Balaban J connectivity index is 1.37. The van der Waals surface area contributed by atoms with Crippen molar-refractivity contribution >= 4 is 11.3 Å². The first-order valence-corrected chi connectivity index (χ1v) is 9.07. The van der Waals surface area contributed by atoms with Crippen LogP contribution in [0.15, 0.2) is 66.7 Å². The van der Waals surface area contributed by atoms with Crippen molar-refractivity contribution in [2.75, 3.05) is 0 Å². The highest BCUT2D eigenvalue weighted by Gasteiger charge is 2.08. The molecular formula is C19H19N5S. The zero-order chi connectivity index (χ0) is 16.9. The Labute approximate surface area is 150 Å². The zero-order valence-electron chi connectivity index (χ0n) is 13.7. The monoisotopic (exact) mass is 349 g/mol. The summed E-state index contributed by atoms with van der Waals surface area (Å²) >= 11 is 1.72. The molecule has 4 aromatic rings. The number of rotatable bonds is 7. The lowest BCUT2D eigenvalue weighted by Gasteiger charge is -2.08. The van der Waals surface area contributed by atoms with Gasteiger partial charge in [-0.3, -0.25) is 5.10 Å². The van der Waals surface area contributed by atoms with Crippen molar-refractivity contribution in [2.24, 2.45) is 0 Å². The molecule has 0 spiro atoms. The highest BCUT2D eigenvalue weighted by atomic mass is 32.1. The number of aromatic nitrogens is 4. The van der Waals surface area contributed by atoms with E-state index in [4.69, 9.17) is 0 Å². The van der Waals surface area contributed by atoms with Gasteiger partial charge in [0.05, 0.1) is 23.1 Å². The standard InChI is InChI=1S/C19H19N5S/c1-3-15(9-16(4-1)13-24-7-6-20-14-24)10-21-11-17-12-22-23-19(17)18-5-2-8-25-18/h1-9,12,14,21H,10-11,13H2,(H,22,23). The van der Waals surface area contributed by atoms with E-state index in [1.165, 1.54) is 21.6 Å². The van der Waals surface area contributed by atoms with Crippen LogP contribution in [-0.4, -0.2) is 19.7 Å². The predicted octanol–water partition coefficient (Wildman–Crippen LogP) is 3.67. The largest absolute Gasteiger partial charge is 0.333 e. The van der Waals surface area contributed by atoms with Gasteiger partial charge in [0.25, 0.3) is 0 Å². The van der Waals surface area contributed by atoms with Crippen LogP contribution in [0.5, 0.6) is 0 Å². The van der Waals surface area contributed by atoms with Crippen molar-refractivity contribution in [3.05, 3.63) is 83.4 Å². The summed E-state index contributed by atoms with van der Waals surface area (Å²) in [4.78, 5) is 5.31. The summed E-state index contributed by atoms with van der Waals surface area (Å²) in [7, 11) is 0. The summed E-state index contributed by atoms with van der Waals surface area (Å²) in [5, 5.41) is 12.9. The molecule has 0 saturated carbocycles. The van der Waals surface area contributed by atoms with Crippen LogP contribution in [0.25, 0.3) is 10.6 Å². The Hall–Kier alpha value is -2.70. The third-order valence-electron chi connectivity index (χ3n) is 4.05. The number of benzene rings is 1. The van der Waals surface area contributed by atoms with E-state index in [1.54, 1.807) is 11.3 Å². The first-order valence-electron chi connectivity index (χ1n) is 8.19. The fourth-order valence-electron chi connectivity index (χ4n) is 2.85. The molecule has 4 rings (SSSR count). The van der Waals surface area contributed by atoms with Gasteiger partial charge in [0.2, 0.25) is 0 Å². The Morgan fingerprint density at radius 3 is 2.92 bits per heavy atom. The van der Waals surface area contributed by atoms with Gasteiger partial charge in [0, 0.05) is 37.6 Å². The molecule has 0 saturated heterocycles. The summed E-state index contributed by atoms with van der Waals surface area (Å²) in [5.74, 6) is 0. The van der Waals surface area contributed by atoms with E-state index in [1.807, 2.05) is 24.9 Å². The molecule has 0 radical (unpaired) electrons. The Kier molecular flexibility index (Phi) is 4.72. The highest BCUT2D eigenvalue weighted by molar-refractivity contribution is 7.13. The Morgan fingerprint density at radius 1 is 1.12 bits per heavy atom. The smallest absolute Gasteiger partial charge is 0.0949 e. The first-order chi connectivity index (χ1) is 12.4. The molecule has 5 nitrogen and oxygen atoms in total. The molecule has 0 unspecified atom stereocenters. The van der Waals surface area contributed by atoms with Crippen LogP contribution in [0.1, 0.15) is 16.7 Å². The minimum Gasteiger partial charge on any atom is -0.333 e. The average Bonchev–Trinajstić information content (AvgIpc) is 3.37. The molecule has 0 amide bonds. The van der Waals surface area contributed by atoms with Crippen LogP contribution in [0.4, 0.5) is 0 Å². The maximum atomic E-state index is 4.19. The second-order valence-corrected chi connectivity index (χ2v) is 6.85. The fraction of sp³-hybridized carbons (Fsp3) is 0.158. The van der Waals surface area contributed by atoms with Crippen molar-refractivity contribution < 1.29 is 0 Å². The summed E-state index contributed by atoms with van der Waals surface area (Å²) in [6.07, 6.45) is 7.53. The van der Waals surface area contributed by atoms with E-state index < -0.39 is 0 Å². The van der Waals surface area contributed by atoms with E-state index >= 15 is 0 Å². The number of imidazole rings is 1. The van der Waals surface area contributed by atoms with Crippen LogP contribution in [-0.2, 0) is 19.6 Å². The lowest BCUT2D eigenvalue weighted by atomic mass is 10.1. The second-order valence-electron chi connectivity index (χ2n) is 5.91. The maximum absolute atomic E-state index is 4.19. The number of hydrogen-bond acceptors (Lipinski definition) is 4. The molecule has 126 valence electrons. The molecule has 0 atom stereocenters. The Bertz CT molecular complexity index is 909. The molecule has 0 bridgehead atoms. The van der Waals surface area contributed by atoms with Crippen molar-refractivity contribution in [3.8, 4) is 10.6 Å². The van der Waals surface area contributed by atoms with E-state index in [9.17, 15) is 0 Å². The van der Waals surface area contributed by atoms with Crippen LogP contribution in [0.2, 0.25) is 0 Å². The molecule has 25 heavy (non-hydrogen) atoms. The summed E-state index contributed by atoms with van der Waals surface area (Å²) in [6.45, 7) is 2.46. The minimum absolute atomic E-state index is 0.787. The summed E-state index contributed by atoms with van der Waals surface area (Å²) in [5.41, 5.74) is 4.85. The summed E-state index contributed by atoms with van der Waals surface area (Å²) < 4.78 is 2.07. The number of hydrogen-bond donors (Lipinski definition) is 2. The third kappa shape index (κ3) is 3.87. The summed E-state index contributed by atoms with van der Waals surface area (Å²) in [6, 6.07) is 12.8. The maximum Gasteiger partial charge on any atom is 0.0949 e. The van der Waals surface area contributed by atoms with Gasteiger partial charge < -0.3 is 9.88 Å². The van der Waals surface area contributed by atoms with Crippen LogP contribution < -0.4 is 5.32 Å². The Morgan fingerprint density at radius 2 is 2.08 bits per heavy atom. The number of nitrogens with zero attached hydrogens (tertiary/aromatic N) is 3. The van der Waals surface area contributed by atoms with Gasteiger partial charge in [-0.1, -0.05) is 30.3 Å². The molecule has 0 fully saturated rings. The molecule has 0 aliphatic heterocycles. The molecule has 0 aliphatic rings. The van der Waals surface area contributed by atoms with Crippen molar-refractivity contribution in [3.63, 3.8) is 0 Å². The predicted molar refractivity (Wildman–Crippen MR) is 100 cm³/mol. The molecular weight excluding hydrogens is 330 g/mol. The van der Waals surface area contributed by atoms with Gasteiger partial charge in [0.15, 0.2) is 0 Å². The molecule has 3 aromatic heterocycles. The number of thiophene rings is 1. The molecule has 3 heterocycles. The molecule has 1 aromatic carbocycles. The second kappa shape index (κ2) is 7.46. The van der Waals surface area contributed by atoms with Gasteiger partial charge in [-0.2, -0.15) is 5.10 Å². The van der Waals surface area contributed by atoms with E-state index in [0.29, 0.717) is 0 Å². The normalized spacial score (nSPS) is 11.0. The van der Waals surface area contributed by atoms with Crippen molar-refractivity contribution in [1.82, 2.24) is 25.1 Å². The molecule has 2 N–H and O–H groups in total. The van der Waals surface area contributed by atoms with E-state index in [-0.39, 0.29) is 0 Å². The lowest BCUT2D eigenvalue weighted by Crippen LogP contribution is -2.13. The lowest BCUT2D eigenvalue weighted by molar-refractivity contribution is 0.692. The minimum atomic E-state index is 0.787. The fourth-order valence-corrected chi connectivity index (χ4v) is 3.61. The van der Waals surface area contributed by atoms with Crippen LogP contribution in [0, 0.1) is 0 Å². The van der Waals surface area contributed by atoms with Crippen molar-refractivity contribution in [1.29, 1.82) is 0 Å². The zero-order valence-corrected chi connectivity index (χ0v) is 14.5. The van der Waals surface area contributed by atoms with E-state index in [2.05, 4.69) is 66.8 Å². The van der Waals surface area contributed by atoms with Crippen molar-refractivity contribution in [2.45, 2.75) is 19.6 Å². The highest BCUT2D eigenvalue weighted by Crippen LogP contribution is 2.25. The third-order valence-corrected chi connectivity index (χ3v) is 4.93. The van der Waals surface area contributed by atoms with Gasteiger partial charge >= 0.3 is 0 Å². The van der Waals surface area contributed by atoms with Gasteiger partial charge in [0.1, 0.15) is 0 Å². The van der Waals surface area contributed by atoms with Crippen LogP contribution >= 0.6 is 11.3 Å². The number of nitrogens with one attached hydrogen (secondary N) is 2. The molecule has 0 aliphatic carbocycles. The van der Waals surface area contributed by atoms with Gasteiger partial charge in [-0.05, 0) is 22.6 Å². The van der Waals surface area contributed by atoms with Crippen LogP contribution in [0.3, 0.4) is 0 Å². The van der Waals surface area contributed by atoms with E-state index in [0.717, 1.165) is 25.3 Å². The number of aromatic amines is 1. The first kappa shape index (κ1) is 15.8. The number of H-pyrrole nitrogens is 1. The van der Waals surface area contributed by atoms with Gasteiger partial charge in [-0.25, -0.2) is 4.98 Å². The average molecular weight is 349 g/mol.